The average molecular weight is 303 g/mol. The summed E-state index contributed by atoms with van der Waals surface area (Å²) in [6.07, 6.45) is -0.281. The Hall–Kier alpha value is -1.96. The maximum atomic E-state index is 13.6. The largest absolute Gasteiger partial charge is 0.478 e. The van der Waals surface area contributed by atoms with Crippen molar-refractivity contribution in [1.82, 2.24) is 5.32 Å². The zero-order chi connectivity index (χ0) is 15.5. The normalized spacial score (nSPS) is 11.2. The van der Waals surface area contributed by atoms with Gasteiger partial charge in [-0.25, -0.2) is 17.6 Å². The third kappa shape index (κ3) is 3.53. The van der Waals surface area contributed by atoms with Crippen LogP contribution in [0.2, 0.25) is 0 Å². The number of sulfone groups is 1. The van der Waals surface area contributed by atoms with Gasteiger partial charge in [-0.3, -0.25) is 4.79 Å². The number of amides is 1. The third-order valence-electron chi connectivity index (χ3n) is 2.76. The summed E-state index contributed by atoms with van der Waals surface area (Å²) >= 11 is 0. The molecule has 0 fully saturated rings. The lowest BCUT2D eigenvalue weighted by molar-refractivity contribution is -0.120. The van der Waals surface area contributed by atoms with Crippen molar-refractivity contribution < 1.29 is 27.5 Å². The van der Waals surface area contributed by atoms with Crippen molar-refractivity contribution in [2.45, 2.75) is 18.2 Å². The molecule has 1 rings (SSSR count). The second kappa shape index (κ2) is 6.00. The Kier molecular flexibility index (Phi) is 4.83. The first kappa shape index (κ1) is 16.1. The Morgan fingerprint density at radius 1 is 1.35 bits per heavy atom. The van der Waals surface area contributed by atoms with E-state index in [1.165, 1.54) is 14.0 Å². The molecule has 0 radical (unpaired) electrons. The molecular weight excluding hydrogens is 289 g/mol. The molecule has 0 spiro atoms. The molecule has 0 aromatic heterocycles. The summed E-state index contributed by atoms with van der Waals surface area (Å²) in [4.78, 5) is 21.5. The summed E-state index contributed by atoms with van der Waals surface area (Å²) in [5.41, 5.74) is -0.612. The third-order valence-corrected chi connectivity index (χ3v) is 4.59. The van der Waals surface area contributed by atoms with E-state index >= 15 is 0 Å². The number of aromatic carboxylic acids is 1. The molecule has 6 nitrogen and oxygen atoms in total. The van der Waals surface area contributed by atoms with Crippen LogP contribution < -0.4 is 5.32 Å². The van der Waals surface area contributed by atoms with E-state index in [0.29, 0.717) is 0 Å². The van der Waals surface area contributed by atoms with Crippen LogP contribution in [-0.2, 0) is 14.6 Å². The predicted molar refractivity (Wildman–Crippen MR) is 68.8 cm³/mol. The van der Waals surface area contributed by atoms with Crippen molar-refractivity contribution in [3.63, 3.8) is 0 Å². The van der Waals surface area contributed by atoms with Crippen LogP contribution in [0.1, 0.15) is 22.3 Å². The van der Waals surface area contributed by atoms with Gasteiger partial charge in [0.1, 0.15) is 5.82 Å². The van der Waals surface area contributed by atoms with E-state index in [4.69, 9.17) is 5.11 Å². The zero-order valence-electron chi connectivity index (χ0n) is 10.9. The van der Waals surface area contributed by atoms with Gasteiger partial charge in [-0.05, 0) is 19.1 Å². The Morgan fingerprint density at radius 2 is 1.95 bits per heavy atom. The van der Waals surface area contributed by atoms with Crippen molar-refractivity contribution in [3.05, 3.63) is 29.1 Å². The summed E-state index contributed by atoms with van der Waals surface area (Å²) in [6.45, 7) is 1.24. The first-order valence-electron chi connectivity index (χ1n) is 5.66. The summed E-state index contributed by atoms with van der Waals surface area (Å²) < 4.78 is 37.7. The highest BCUT2D eigenvalue weighted by Crippen LogP contribution is 2.22. The Morgan fingerprint density at radius 3 is 2.45 bits per heavy atom. The van der Waals surface area contributed by atoms with Crippen LogP contribution in [0.3, 0.4) is 0 Å². The van der Waals surface area contributed by atoms with Crippen LogP contribution in [0.15, 0.2) is 17.0 Å². The molecule has 0 aliphatic rings. The summed E-state index contributed by atoms with van der Waals surface area (Å²) in [6, 6.07) is 1.66. The predicted octanol–water partition coefficient (Wildman–Crippen LogP) is 0.742. The first-order chi connectivity index (χ1) is 9.19. The maximum absolute atomic E-state index is 13.6. The second-order valence-electron chi connectivity index (χ2n) is 4.13. The highest BCUT2D eigenvalue weighted by Gasteiger charge is 2.22. The Balaban J connectivity index is 3.23. The summed E-state index contributed by atoms with van der Waals surface area (Å²) in [5, 5.41) is 11.1. The minimum atomic E-state index is -3.94. The summed E-state index contributed by atoms with van der Waals surface area (Å²) in [5.74, 6) is -3.33. The van der Waals surface area contributed by atoms with Crippen molar-refractivity contribution in [2.24, 2.45) is 0 Å². The number of rotatable bonds is 5. The number of hydrogen-bond donors (Lipinski definition) is 2. The fourth-order valence-corrected chi connectivity index (χ4v) is 3.11. The van der Waals surface area contributed by atoms with E-state index in [1.807, 2.05) is 0 Å². The van der Waals surface area contributed by atoms with Gasteiger partial charge in [0.2, 0.25) is 5.91 Å². The van der Waals surface area contributed by atoms with E-state index in [2.05, 4.69) is 5.32 Å². The van der Waals surface area contributed by atoms with Crippen LogP contribution in [0, 0.1) is 12.7 Å². The van der Waals surface area contributed by atoms with Gasteiger partial charge in [-0.1, -0.05) is 0 Å². The highest BCUT2D eigenvalue weighted by atomic mass is 32.2. The lowest BCUT2D eigenvalue weighted by atomic mass is 10.1. The molecule has 1 aromatic carbocycles. The van der Waals surface area contributed by atoms with Crippen molar-refractivity contribution >= 4 is 21.7 Å². The summed E-state index contributed by atoms with van der Waals surface area (Å²) in [7, 11) is -2.57. The van der Waals surface area contributed by atoms with Crippen LogP contribution in [0.5, 0.6) is 0 Å². The molecule has 20 heavy (non-hydrogen) atoms. The smallest absolute Gasteiger partial charge is 0.335 e. The molecule has 110 valence electrons. The molecule has 0 atom stereocenters. The molecular formula is C12H14FNO5S. The van der Waals surface area contributed by atoms with Crippen molar-refractivity contribution in [3.8, 4) is 0 Å². The van der Waals surface area contributed by atoms with E-state index in [1.54, 1.807) is 0 Å². The average Bonchev–Trinajstić information content (AvgIpc) is 2.38. The van der Waals surface area contributed by atoms with Gasteiger partial charge in [0.15, 0.2) is 9.84 Å². The van der Waals surface area contributed by atoms with E-state index in [9.17, 15) is 22.4 Å². The van der Waals surface area contributed by atoms with Gasteiger partial charge >= 0.3 is 5.97 Å². The van der Waals surface area contributed by atoms with Gasteiger partial charge in [-0.15, -0.1) is 0 Å². The number of carboxylic acid groups (broad SMARTS) is 1. The highest BCUT2D eigenvalue weighted by molar-refractivity contribution is 7.91. The number of carbonyl (C=O) groups excluding carboxylic acids is 1. The molecule has 8 heteroatoms. The van der Waals surface area contributed by atoms with Crippen molar-refractivity contribution in [1.29, 1.82) is 0 Å². The lowest BCUT2D eigenvalue weighted by Gasteiger charge is -2.09. The number of hydrogen-bond acceptors (Lipinski definition) is 4. The fourth-order valence-electron chi connectivity index (χ4n) is 1.56. The van der Waals surface area contributed by atoms with E-state index in [0.717, 1.165) is 12.1 Å². The van der Waals surface area contributed by atoms with Gasteiger partial charge in [0.05, 0.1) is 16.2 Å². The molecule has 0 bridgehead atoms. The molecule has 1 aromatic rings. The number of benzene rings is 1. The van der Waals surface area contributed by atoms with Gasteiger partial charge < -0.3 is 10.4 Å². The topological polar surface area (TPSA) is 101 Å². The lowest BCUT2D eigenvalue weighted by Crippen LogP contribution is -2.22. The standard InChI is InChI=1S/C12H14FNO5S/c1-7-9(13)5-8(12(16)17)6-10(7)20(18,19)4-3-11(15)14-2/h5-6H,3-4H2,1-2H3,(H,14,15)(H,16,17). The van der Waals surface area contributed by atoms with E-state index < -0.39 is 43.7 Å². The SMILES string of the molecule is CNC(=O)CCS(=O)(=O)c1cc(C(=O)O)cc(F)c1C. The maximum Gasteiger partial charge on any atom is 0.335 e. The van der Waals surface area contributed by atoms with Crippen LogP contribution in [0.25, 0.3) is 0 Å². The van der Waals surface area contributed by atoms with Gasteiger partial charge in [0.25, 0.3) is 0 Å². The molecule has 0 heterocycles. The number of halogens is 1. The zero-order valence-corrected chi connectivity index (χ0v) is 11.8. The number of carboxylic acids is 1. The molecule has 0 aliphatic carbocycles. The molecule has 2 N–H and O–H groups in total. The first-order valence-corrected chi connectivity index (χ1v) is 7.31. The number of nitrogens with one attached hydrogen (secondary N) is 1. The van der Waals surface area contributed by atoms with Crippen LogP contribution in [0.4, 0.5) is 4.39 Å². The van der Waals surface area contributed by atoms with Gasteiger partial charge in [-0.2, -0.15) is 0 Å². The monoisotopic (exact) mass is 303 g/mol. The van der Waals surface area contributed by atoms with Crippen LogP contribution >= 0.6 is 0 Å². The number of carbonyl (C=O) groups is 2. The van der Waals surface area contributed by atoms with Crippen molar-refractivity contribution in [2.75, 3.05) is 12.8 Å². The molecule has 0 unspecified atom stereocenters. The Labute approximate surface area is 115 Å². The Bertz CT molecular complexity index is 654. The molecule has 1 amide bonds. The quantitative estimate of drug-likeness (QED) is 0.835. The molecule has 0 saturated heterocycles. The van der Waals surface area contributed by atoms with E-state index in [-0.39, 0.29) is 12.0 Å². The molecule has 0 saturated carbocycles. The fraction of sp³-hybridized carbons (Fsp3) is 0.333. The molecule has 0 aliphatic heterocycles. The van der Waals surface area contributed by atoms with Crippen LogP contribution in [-0.4, -0.2) is 38.2 Å². The second-order valence-corrected chi connectivity index (χ2v) is 6.21. The minimum absolute atomic E-state index is 0.160. The van der Waals surface area contributed by atoms with Gasteiger partial charge in [0, 0.05) is 19.0 Å². The minimum Gasteiger partial charge on any atom is -0.478 e.